The number of hydrogen-bond acceptors (Lipinski definition) is 5. The molecule has 1 aliphatic heterocycles. The molecule has 2 rings (SSSR count). The second-order valence-electron chi connectivity index (χ2n) is 7.35. The molecule has 0 amide bonds. The van der Waals surface area contributed by atoms with Crippen molar-refractivity contribution in [3.05, 3.63) is 30.1 Å². The second kappa shape index (κ2) is 17.7. The van der Waals surface area contributed by atoms with Gasteiger partial charge in [0, 0.05) is 45.0 Å². The van der Waals surface area contributed by atoms with Gasteiger partial charge in [-0.3, -0.25) is 14.9 Å². The predicted octanol–water partition coefficient (Wildman–Crippen LogP) is 3.05. The molecule has 2 heterocycles. The van der Waals surface area contributed by atoms with E-state index in [4.69, 9.17) is 9.47 Å². The summed E-state index contributed by atoms with van der Waals surface area (Å²) in [5.41, 5.74) is 1.14. The summed E-state index contributed by atoms with van der Waals surface area (Å²) >= 11 is 0. The molecule has 0 atom stereocenters. The van der Waals surface area contributed by atoms with Gasteiger partial charge in [0.1, 0.15) is 0 Å². The topological polar surface area (TPSA) is 71.0 Å². The molecular weight excluding hydrogens is 493 g/mol. The molecule has 1 aliphatic rings. The number of aliphatic imine (C=N–C) groups is 1. The molecule has 1 saturated heterocycles. The van der Waals surface area contributed by atoms with Crippen LogP contribution in [0, 0.1) is 0 Å². The zero-order valence-corrected chi connectivity index (χ0v) is 21.0. The number of hydrogen-bond donors (Lipinski definition) is 2. The van der Waals surface area contributed by atoms with E-state index < -0.39 is 0 Å². The average Bonchev–Trinajstić information content (AvgIpc) is 2.75. The first-order valence-electron chi connectivity index (χ1n) is 11.1. The molecule has 0 aromatic carbocycles. The normalized spacial score (nSPS) is 15.6. The van der Waals surface area contributed by atoms with Gasteiger partial charge >= 0.3 is 0 Å². The first-order chi connectivity index (χ1) is 14.3. The highest BCUT2D eigenvalue weighted by molar-refractivity contribution is 14.0. The SMILES string of the molecule is CCCCOCCOCCN=C(NCC)NC1CCN(Cc2ccccn2)CC1.I. The maximum Gasteiger partial charge on any atom is 0.191 e. The Morgan fingerprint density at radius 2 is 1.90 bits per heavy atom. The van der Waals surface area contributed by atoms with E-state index in [0.29, 0.717) is 32.4 Å². The van der Waals surface area contributed by atoms with Gasteiger partial charge in [0.15, 0.2) is 5.96 Å². The number of guanidine groups is 1. The van der Waals surface area contributed by atoms with E-state index in [0.717, 1.165) is 63.7 Å². The number of nitrogens with one attached hydrogen (secondary N) is 2. The van der Waals surface area contributed by atoms with E-state index in [9.17, 15) is 0 Å². The summed E-state index contributed by atoms with van der Waals surface area (Å²) in [5.74, 6) is 0.887. The molecule has 0 bridgehead atoms. The Morgan fingerprint density at radius 1 is 1.13 bits per heavy atom. The van der Waals surface area contributed by atoms with Gasteiger partial charge in [-0.25, -0.2) is 0 Å². The maximum absolute atomic E-state index is 5.60. The first-order valence-corrected chi connectivity index (χ1v) is 11.1. The smallest absolute Gasteiger partial charge is 0.191 e. The van der Waals surface area contributed by atoms with Gasteiger partial charge in [-0.05, 0) is 38.3 Å². The van der Waals surface area contributed by atoms with E-state index >= 15 is 0 Å². The Bertz CT molecular complexity index is 554. The summed E-state index contributed by atoms with van der Waals surface area (Å²) in [6, 6.07) is 6.58. The van der Waals surface area contributed by atoms with Gasteiger partial charge in [-0.15, -0.1) is 24.0 Å². The summed E-state index contributed by atoms with van der Waals surface area (Å²) in [5, 5.41) is 6.92. The summed E-state index contributed by atoms with van der Waals surface area (Å²) in [7, 11) is 0. The molecule has 0 spiro atoms. The Morgan fingerprint density at radius 3 is 2.57 bits per heavy atom. The lowest BCUT2D eigenvalue weighted by Gasteiger charge is -2.32. The molecule has 0 aliphatic carbocycles. The van der Waals surface area contributed by atoms with Crippen molar-refractivity contribution in [2.45, 2.75) is 52.1 Å². The van der Waals surface area contributed by atoms with Crippen molar-refractivity contribution in [3.63, 3.8) is 0 Å². The van der Waals surface area contributed by atoms with Crippen molar-refractivity contribution in [2.24, 2.45) is 4.99 Å². The fourth-order valence-corrected chi connectivity index (χ4v) is 3.26. The minimum absolute atomic E-state index is 0. The summed E-state index contributed by atoms with van der Waals surface area (Å²) in [6.45, 7) is 11.6. The Labute approximate surface area is 199 Å². The van der Waals surface area contributed by atoms with E-state index in [1.54, 1.807) is 0 Å². The third-order valence-corrected chi connectivity index (χ3v) is 4.90. The molecule has 2 N–H and O–H groups in total. The first kappa shape index (κ1) is 27.1. The lowest BCUT2D eigenvalue weighted by atomic mass is 10.0. The third-order valence-electron chi connectivity index (χ3n) is 4.90. The second-order valence-corrected chi connectivity index (χ2v) is 7.35. The monoisotopic (exact) mass is 533 g/mol. The quantitative estimate of drug-likeness (QED) is 0.176. The van der Waals surface area contributed by atoms with Gasteiger partial charge in [0.25, 0.3) is 0 Å². The maximum atomic E-state index is 5.60. The third kappa shape index (κ3) is 12.0. The predicted molar refractivity (Wildman–Crippen MR) is 134 cm³/mol. The summed E-state index contributed by atoms with van der Waals surface area (Å²) < 4.78 is 11.1. The van der Waals surface area contributed by atoms with E-state index in [1.165, 1.54) is 6.42 Å². The van der Waals surface area contributed by atoms with Crippen LogP contribution < -0.4 is 10.6 Å². The molecule has 30 heavy (non-hydrogen) atoms. The molecule has 0 unspecified atom stereocenters. The number of rotatable bonds is 13. The Kier molecular flexibility index (Phi) is 16.0. The van der Waals surface area contributed by atoms with Crippen molar-refractivity contribution in [1.29, 1.82) is 0 Å². The van der Waals surface area contributed by atoms with Gasteiger partial charge in [-0.2, -0.15) is 0 Å². The number of ether oxygens (including phenoxy) is 2. The molecule has 7 nitrogen and oxygen atoms in total. The molecule has 1 aromatic rings. The fraction of sp³-hybridized carbons (Fsp3) is 0.727. The molecule has 172 valence electrons. The zero-order valence-electron chi connectivity index (χ0n) is 18.6. The van der Waals surface area contributed by atoms with Crippen LogP contribution in [0.3, 0.4) is 0 Å². The zero-order chi connectivity index (χ0) is 20.6. The Balaban J connectivity index is 0.00000450. The van der Waals surface area contributed by atoms with Crippen molar-refractivity contribution < 1.29 is 9.47 Å². The number of halogens is 1. The lowest BCUT2D eigenvalue weighted by molar-refractivity contribution is 0.0497. The van der Waals surface area contributed by atoms with Crippen molar-refractivity contribution in [1.82, 2.24) is 20.5 Å². The largest absolute Gasteiger partial charge is 0.379 e. The van der Waals surface area contributed by atoms with E-state index in [2.05, 4.69) is 51.5 Å². The highest BCUT2D eigenvalue weighted by Gasteiger charge is 2.20. The number of aromatic nitrogens is 1. The van der Waals surface area contributed by atoms with Gasteiger partial charge in [0.05, 0.1) is 32.1 Å². The van der Waals surface area contributed by atoms with Gasteiger partial charge in [-0.1, -0.05) is 19.4 Å². The van der Waals surface area contributed by atoms with Crippen molar-refractivity contribution >= 4 is 29.9 Å². The number of likely N-dealkylation sites (tertiary alicyclic amines) is 1. The van der Waals surface area contributed by atoms with Gasteiger partial charge < -0.3 is 20.1 Å². The van der Waals surface area contributed by atoms with Crippen LogP contribution in [0.5, 0.6) is 0 Å². The molecular formula is C22H40IN5O2. The Hall–Kier alpha value is -0.970. The highest BCUT2D eigenvalue weighted by Crippen LogP contribution is 2.12. The lowest BCUT2D eigenvalue weighted by Crippen LogP contribution is -2.48. The van der Waals surface area contributed by atoms with Crippen LogP contribution >= 0.6 is 24.0 Å². The highest BCUT2D eigenvalue weighted by atomic mass is 127. The van der Waals surface area contributed by atoms with Gasteiger partial charge in [0.2, 0.25) is 0 Å². The van der Waals surface area contributed by atoms with E-state index in [-0.39, 0.29) is 24.0 Å². The van der Waals surface area contributed by atoms with Crippen molar-refractivity contribution in [3.8, 4) is 0 Å². The summed E-state index contributed by atoms with van der Waals surface area (Å²) in [6.07, 6.45) is 6.38. The fourth-order valence-electron chi connectivity index (χ4n) is 3.26. The number of piperidine rings is 1. The van der Waals surface area contributed by atoms with Crippen LogP contribution in [-0.2, 0) is 16.0 Å². The molecule has 8 heteroatoms. The van der Waals surface area contributed by atoms with Crippen LogP contribution in [0.25, 0.3) is 0 Å². The summed E-state index contributed by atoms with van der Waals surface area (Å²) in [4.78, 5) is 11.6. The van der Waals surface area contributed by atoms with Crippen LogP contribution in [0.2, 0.25) is 0 Å². The number of pyridine rings is 1. The standard InChI is InChI=1S/C22H39N5O2.HI/c1-3-5-15-28-17-18-29-16-12-25-22(23-4-2)26-20-9-13-27(14-10-20)19-21-8-6-7-11-24-21;/h6-8,11,20H,3-5,9-10,12-19H2,1-2H3,(H2,23,25,26);1H. The molecule has 1 aromatic heterocycles. The average molecular weight is 533 g/mol. The minimum Gasteiger partial charge on any atom is -0.379 e. The van der Waals surface area contributed by atoms with Crippen LogP contribution in [0.1, 0.15) is 45.2 Å². The van der Waals surface area contributed by atoms with Crippen LogP contribution in [0.15, 0.2) is 29.4 Å². The van der Waals surface area contributed by atoms with E-state index in [1.807, 2.05) is 12.3 Å². The molecule has 0 radical (unpaired) electrons. The number of nitrogens with zero attached hydrogens (tertiary/aromatic N) is 3. The molecule has 1 fully saturated rings. The minimum atomic E-state index is 0. The van der Waals surface area contributed by atoms with Crippen LogP contribution in [-0.4, -0.2) is 74.5 Å². The molecule has 0 saturated carbocycles. The van der Waals surface area contributed by atoms with Crippen LogP contribution in [0.4, 0.5) is 0 Å². The number of unbranched alkanes of at least 4 members (excludes halogenated alkanes) is 1. The van der Waals surface area contributed by atoms with Crippen molar-refractivity contribution in [2.75, 3.05) is 52.6 Å².